The van der Waals surface area contributed by atoms with Crippen LogP contribution < -0.4 is 15.0 Å². The summed E-state index contributed by atoms with van der Waals surface area (Å²) in [4.78, 5) is 15.7. The maximum Gasteiger partial charge on any atom is 0.322 e. The summed E-state index contributed by atoms with van der Waals surface area (Å²) in [6.07, 6.45) is 0. The zero-order valence-corrected chi connectivity index (χ0v) is 15.5. The number of amides is 1. The van der Waals surface area contributed by atoms with E-state index in [0.717, 1.165) is 23.7 Å². The molecule has 1 amide bonds. The molecular weight excluding hydrogens is 368 g/mol. The Bertz CT molecular complexity index is 919. The number of thiophene rings is 1. The molecule has 8 nitrogen and oxygen atoms in total. The van der Waals surface area contributed by atoms with Crippen LogP contribution in [0.5, 0.6) is 5.75 Å². The van der Waals surface area contributed by atoms with Gasteiger partial charge in [0.05, 0.1) is 30.8 Å². The first-order valence-corrected chi connectivity index (χ1v) is 9.32. The molecule has 1 aliphatic rings. The van der Waals surface area contributed by atoms with Crippen LogP contribution in [0.3, 0.4) is 0 Å². The number of hydrogen-bond donors (Lipinski definition) is 1. The van der Waals surface area contributed by atoms with Gasteiger partial charge in [-0.15, -0.1) is 16.4 Å². The van der Waals surface area contributed by atoms with Crippen LogP contribution in [0, 0.1) is 0 Å². The Balaban J connectivity index is 1.51. The number of nitrogens with zero attached hydrogens (tertiary/aromatic N) is 3. The van der Waals surface area contributed by atoms with Gasteiger partial charge in [-0.25, -0.2) is 0 Å². The number of morpholine rings is 1. The minimum atomic E-state index is -0.373. The SMILES string of the molecule is COc1cc(N2CCOCC2)ccc1C(=O)Nc1nnc(-c2cccs2)o1. The molecule has 27 heavy (non-hydrogen) atoms. The second-order valence-corrected chi connectivity index (χ2v) is 6.78. The van der Waals surface area contributed by atoms with Crippen LogP contribution in [-0.2, 0) is 4.74 Å². The van der Waals surface area contributed by atoms with Crippen molar-refractivity contribution in [2.75, 3.05) is 43.6 Å². The lowest BCUT2D eigenvalue weighted by molar-refractivity contribution is 0.102. The summed E-state index contributed by atoms with van der Waals surface area (Å²) in [6, 6.07) is 9.29. The van der Waals surface area contributed by atoms with Gasteiger partial charge in [0.25, 0.3) is 11.8 Å². The molecule has 0 aliphatic carbocycles. The molecule has 0 spiro atoms. The molecule has 1 aromatic carbocycles. The van der Waals surface area contributed by atoms with Gasteiger partial charge in [-0.2, -0.15) is 0 Å². The van der Waals surface area contributed by atoms with Gasteiger partial charge in [0.2, 0.25) is 0 Å². The van der Waals surface area contributed by atoms with Gasteiger partial charge in [-0.3, -0.25) is 10.1 Å². The first-order chi connectivity index (χ1) is 13.2. The van der Waals surface area contributed by atoms with Gasteiger partial charge in [0, 0.05) is 24.8 Å². The lowest BCUT2D eigenvalue weighted by Crippen LogP contribution is -2.36. The average molecular weight is 386 g/mol. The van der Waals surface area contributed by atoms with Crippen molar-refractivity contribution in [2.24, 2.45) is 0 Å². The van der Waals surface area contributed by atoms with Crippen LogP contribution in [0.4, 0.5) is 11.7 Å². The van der Waals surface area contributed by atoms with E-state index < -0.39 is 0 Å². The van der Waals surface area contributed by atoms with Crippen molar-refractivity contribution in [1.29, 1.82) is 0 Å². The van der Waals surface area contributed by atoms with Crippen LogP contribution in [0.2, 0.25) is 0 Å². The molecule has 0 atom stereocenters. The number of nitrogens with one attached hydrogen (secondary N) is 1. The van der Waals surface area contributed by atoms with Gasteiger partial charge in [-0.1, -0.05) is 11.2 Å². The third-order valence-electron chi connectivity index (χ3n) is 4.18. The molecule has 0 bridgehead atoms. The molecule has 1 saturated heterocycles. The molecule has 0 unspecified atom stereocenters. The largest absolute Gasteiger partial charge is 0.496 e. The molecule has 3 aromatic rings. The quantitative estimate of drug-likeness (QED) is 0.721. The van der Waals surface area contributed by atoms with Crippen molar-refractivity contribution in [2.45, 2.75) is 0 Å². The zero-order valence-electron chi connectivity index (χ0n) is 14.7. The van der Waals surface area contributed by atoms with E-state index in [-0.39, 0.29) is 11.9 Å². The Labute approximate surface area is 159 Å². The smallest absolute Gasteiger partial charge is 0.322 e. The lowest BCUT2D eigenvalue weighted by atomic mass is 10.1. The number of benzene rings is 1. The number of carbonyl (C=O) groups excluding carboxylic acids is 1. The van der Waals surface area contributed by atoms with Gasteiger partial charge >= 0.3 is 6.01 Å². The van der Waals surface area contributed by atoms with E-state index in [4.69, 9.17) is 13.9 Å². The molecule has 2 aromatic heterocycles. The fraction of sp³-hybridized carbons (Fsp3) is 0.278. The summed E-state index contributed by atoms with van der Waals surface area (Å²) >= 11 is 1.48. The summed E-state index contributed by atoms with van der Waals surface area (Å²) in [6.45, 7) is 2.99. The summed E-state index contributed by atoms with van der Waals surface area (Å²) in [7, 11) is 1.54. The van der Waals surface area contributed by atoms with Crippen LogP contribution in [0.25, 0.3) is 10.8 Å². The van der Waals surface area contributed by atoms with E-state index in [9.17, 15) is 4.79 Å². The van der Waals surface area contributed by atoms with E-state index in [1.165, 1.54) is 18.4 Å². The Morgan fingerprint density at radius 2 is 2.11 bits per heavy atom. The van der Waals surface area contributed by atoms with E-state index in [1.54, 1.807) is 6.07 Å². The number of carbonyl (C=O) groups is 1. The first kappa shape index (κ1) is 17.5. The van der Waals surface area contributed by atoms with E-state index >= 15 is 0 Å². The van der Waals surface area contributed by atoms with E-state index in [0.29, 0.717) is 30.4 Å². The number of aromatic nitrogens is 2. The highest BCUT2D eigenvalue weighted by Gasteiger charge is 2.19. The fourth-order valence-electron chi connectivity index (χ4n) is 2.82. The Kier molecular flexibility index (Phi) is 5.03. The second kappa shape index (κ2) is 7.77. The number of anilines is 2. The molecule has 3 heterocycles. The third-order valence-corrected chi connectivity index (χ3v) is 5.04. The minimum absolute atomic E-state index is 0.0442. The third kappa shape index (κ3) is 3.79. The molecule has 1 fully saturated rings. The maximum atomic E-state index is 12.6. The normalized spacial score (nSPS) is 14.2. The number of methoxy groups -OCH3 is 1. The maximum absolute atomic E-state index is 12.6. The van der Waals surface area contributed by atoms with Gasteiger partial charge in [0.1, 0.15) is 5.75 Å². The predicted molar refractivity (Wildman–Crippen MR) is 102 cm³/mol. The fourth-order valence-corrected chi connectivity index (χ4v) is 3.47. The summed E-state index contributed by atoms with van der Waals surface area (Å²) in [5.74, 6) is 0.478. The zero-order chi connectivity index (χ0) is 18.6. The van der Waals surface area contributed by atoms with Crippen LogP contribution >= 0.6 is 11.3 Å². The summed E-state index contributed by atoms with van der Waals surface area (Å²) in [5.41, 5.74) is 1.38. The lowest BCUT2D eigenvalue weighted by Gasteiger charge is -2.29. The van der Waals surface area contributed by atoms with Crippen LogP contribution in [0.1, 0.15) is 10.4 Å². The van der Waals surface area contributed by atoms with Crippen LogP contribution in [0.15, 0.2) is 40.1 Å². The van der Waals surface area contributed by atoms with E-state index in [1.807, 2.05) is 29.6 Å². The number of hydrogen-bond acceptors (Lipinski definition) is 8. The topological polar surface area (TPSA) is 89.7 Å². The van der Waals surface area contributed by atoms with Gasteiger partial charge in [-0.05, 0) is 23.6 Å². The Morgan fingerprint density at radius 1 is 1.26 bits per heavy atom. The van der Waals surface area contributed by atoms with Crippen LogP contribution in [-0.4, -0.2) is 49.5 Å². The molecular formula is C18H18N4O4S. The monoisotopic (exact) mass is 386 g/mol. The Morgan fingerprint density at radius 3 is 2.85 bits per heavy atom. The van der Waals surface area contributed by atoms with Gasteiger partial charge in [0.15, 0.2) is 0 Å². The highest BCUT2D eigenvalue weighted by atomic mass is 32.1. The predicted octanol–water partition coefficient (Wildman–Crippen LogP) is 2.90. The Hall–Kier alpha value is -2.91. The van der Waals surface area contributed by atoms with E-state index in [2.05, 4.69) is 20.4 Å². The second-order valence-electron chi connectivity index (χ2n) is 5.83. The van der Waals surface area contributed by atoms with Crippen molar-refractivity contribution in [3.63, 3.8) is 0 Å². The first-order valence-electron chi connectivity index (χ1n) is 8.44. The summed E-state index contributed by atoms with van der Waals surface area (Å²) in [5, 5.41) is 12.4. The molecule has 4 rings (SSSR count). The molecule has 0 saturated carbocycles. The number of rotatable bonds is 5. The standard InChI is InChI=1S/C18H18N4O4S/c1-24-14-11-12(22-6-8-25-9-7-22)4-5-13(14)16(23)19-18-21-20-17(26-18)15-3-2-10-27-15/h2-5,10-11H,6-9H2,1H3,(H,19,21,23). The highest BCUT2D eigenvalue weighted by Crippen LogP contribution is 2.28. The molecule has 1 N–H and O–H groups in total. The minimum Gasteiger partial charge on any atom is -0.496 e. The molecule has 140 valence electrons. The van der Waals surface area contributed by atoms with Crippen molar-refractivity contribution in [1.82, 2.24) is 10.2 Å². The van der Waals surface area contributed by atoms with Gasteiger partial charge < -0.3 is 18.8 Å². The van der Waals surface area contributed by atoms with Crippen molar-refractivity contribution in [3.05, 3.63) is 41.3 Å². The molecule has 9 heteroatoms. The van der Waals surface area contributed by atoms with Crippen molar-refractivity contribution < 1.29 is 18.7 Å². The van der Waals surface area contributed by atoms with Crippen molar-refractivity contribution >= 4 is 28.9 Å². The average Bonchev–Trinajstić information content (AvgIpc) is 3.40. The molecule has 1 aliphatic heterocycles. The highest BCUT2D eigenvalue weighted by molar-refractivity contribution is 7.13. The summed E-state index contributed by atoms with van der Waals surface area (Å²) < 4.78 is 16.3. The number of ether oxygens (including phenoxy) is 2. The molecule has 0 radical (unpaired) electrons. The van der Waals surface area contributed by atoms with Crippen molar-refractivity contribution in [3.8, 4) is 16.5 Å².